The van der Waals surface area contributed by atoms with Gasteiger partial charge in [-0.1, -0.05) is 42.5 Å². The van der Waals surface area contributed by atoms with E-state index in [1.807, 2.05) is 61.5 Å². The van der Waals surface area contributed by atoms with E-state index in [2.05, 4.69) is 10.2 Å². The molecule has 0 radical (unpaired) electrons. The van der Waals surface area contributed by atoms with Crippen molar-refractivity contribution in [1.29, 1.82) is 0 Å². The summed E-state index contributed by atoms with van der Waals surface area (Å²) in [5.74, 6) is 0.115. The summed E-state index contributed by atoms with van der Waals surface area (Å²) in [5.41, 5.74) is 2.18. The van der Waals surface area contributed by atoms with Crippen molar-refractivity contribution in [2.75, 3.05) is 29.9 Å². The number of carbonyl (C=O) groups is 3. The molecule has 2 aliphatic rings. The maximum absolute atomic E-state index is 13.2. The average Bonchev–Trinajstić information content (AvgIpc) is 2.88. The minimum Gasteiger partial charge on any atom is -0.324 e. The molecule has 1 N–H and O–H groups in total. The van der Waals surface area contributed by atoms with Gasteiger partial charge in [-0.3, -0.25) is 19.3 Å². The number of anilines is 2. The summed E-state index contributed by atoms with van der Waals surface area (Å²) in [6, 6.07) is 16.6. The topological polar surface area (TPSA) is 69.7 Å². The fourth-order valence-electron chi connectivity index (χ4n) is 4.43. The molecule has 4 rings (SSSR count). The Balaban J connectivity index is 1.40. The Hall–Kier alpha value is -2.99. The molecule has 2 amide bonds. The number of rotatable bonds is 4. The van der Waals surface area contributed by atoms with E-state index in [-0.39, 0.29) is 36.0 Å². The number of Topliss-reactive ketones (excluding diaryl/α,β-unsaturated/α-hetero) is 1. The zero-order valence-corrected chi connectivity index (χ0v) is 17.2. The zero-order valence-electron chi connectivity index (χ0n) is 17.2. The molecule has 0 aliphatic carbocycles. The predicted molar refractivity (Wildman–Crippen MR) is 117 cm³/mol. The highest BCUT2D eigenvalue weighted by Crippen LogP contribution is 2.31. The van der Waals surface area contributed by atoms with E-state index in [0.717, 1.165) is 37.2 Å². The van der Waals surface area contributed by atoms with Crippen molar-refractivity contribution in [2.45, 2.75) is 32.2 Å². The molecule has 2 aliphatic heterocycles. The summed E-state index contributed by atoms with van der Waals surface area (Å²) in [4.78, 5) is 41.9. The number of nitrogens with zero attached hydrogens (tertiary/aromatic N) is 2. The second kappa shape index (κ2) is 8.79. The number of benzene rings is 2. The number of likely N-dealkylation sites (tertiary alicyclic amines) is 1. The molecule has 0 spiro atoms. The molecule has 0 saturated carbocycles. The Bertz CT molecular complexity index is 936. The van der Waals surface area contributed by atoms with Crippen molar-refractivity contribution >= 4 is 29.0 Å². The smallest absolute Gasteiger partial charge is 0.241 e. The van der Waals surface area contributed by atoms with E-state index in [0.29, 0.717) is 12.2 Å². The third kappa shape index (κ3) is 4.28. The Morgan fingerprint density at radius 3 is 2.40 bits per heavy atom. The molecular formula is C24H27N3O3. The molecular weight excluding hydrogens is 378 g/mol. The molecule has 6 heteroatoms. The van der Waals surface area contributed by atoms with Gasteiger partial charge in [0.05, 0.1) is 17.9 Å². The number of para-hydroxylation sites is 2. The SMILES string of the molecule is CC1CC(=O)Nc2ccccc2N1C(=O)CN1CCC(C(=O)c2ccccc2)CC1. The molecule has 1 saturated heterocycles. The van der Waals surface area contributed by atoms with Gasteiger partial charge in [-0.05, 0) is 45.0 Å². The van der Waals surface area contributed by atoms with Crippen LogP contribution in [0.4, 0.5) is 11.4 Å². The van der Waals surface area contributed by atoms with E-state index >= 15 is 0 Å². The quantitative estimate of drug-likeness (QED) is 0.792. The fourth-order valence-corrected chi connectivity index (χ4v) is 4.43. The third-order valence-electron chi connectivity index (χ3n) is 6.00. The van der Waals surface area contributed by atoms with Gasteiger partial charge in [-0.25, -0.2) is 0 Å². The highest BCUT2D eigenvalue weighted by Gasteiger charge is 2.32. The molecule has 6 nitrogen and oxygen atoms in total. The lowest BCUT2D eigenvalue weighted by molar-refractivity contribution is -0.120. The summed E-state index contributed by atoms with van der Waals surface area (Å²) in [6.07, 6.45) is 1.79. The molecule has 0 aromatic heterocycles. The van der Waals surface area contributed by atoms with Crippen molar-refractivity contribution < 1.29 is 14.4 Å². The van der Waals surface area contributed by atoms with Crippen LogP contribution in [0.5, 0.6) is 0 Å². The molecule has 30 heavy (non-hydrogen) atoms. The molecule has 1 atom stereocenters. The monoisotopic (exact) mass is 405 g/mol. The first-order valence-electron chi connectivity index (χ1n) is 10.6. The molecule has 156 valence electrons. The standard InChI is InChI=1S/C24H27N3O3/c1-17-15-22(28)25-20-9-5-6-10-21(20)27(17)23(29)16-26-13-11-19(12-14-26)24(30)18-7-3-2-4-8-18/h2-10,17,19H,11-16H2,1H3,(H,25,28). The Morgan fingerprint density at radius 2 is 1.67 bits per heavy atom. The van der Waals surface area contributed by atoms with Crippen LogP contribution in [0.3, 0.4) is 0 Å². The highest BCUT2D eigenvalue weighted by atomic mass is 16.2. The van der Waals surface area contributed by atoms with Crippen LogP contribution in [0.15, 0.2) is 54.6 Å². The van der Waals surface area contributed by atoms with Crippen molar-refractivity contribution in [2.24, 2.45) is 5.92 Å². The maximum atomic E-state index is 13.2. The first-order valence-corrected chi connectivity index (χ1v) is 10.6. The van der Waals surface area contributed by atoms with Crippen LogP contribution in [-0.2, 0) is 9.59 Å². The van der Waals surface area contributed by atoms with Gasteiger partial charge in [0, 0.05) is 23.9 Å². The first-order chi connectivity index (χ1) is 14.5. The Kier molecular flexibility index (Phi) is 5.95. The summed E-state index contributed by atoms with van der Waals surface area (Å²) in [6.45, 7) is 3.63. The number of hydrogen-bond acceptors (Lipinski definition) is 4. The lowest BCUT2D eigenvalue weighted by atomic mass is 9.89. The number of piperidine rings is 1. The number of hydrogen-bond donors (Lipinski definition) is 1. The van der Waals surface area contributed by atoms with Crippen molar-refractivity contribution in [1.82, 2.24) is 4.90 Å². The summed E-state index contributed by atoms with van der Waals surface area (Å²) in [7, 11) is 0. The molecule has 2 heterocycles. The van der Waals surface area contributed by atoms with Crippen LogP contribution in [0, 0.1) is 5.92 Å². The van der Waals surface area contributed by atoms with Crippen LogP contribution < -0.4 is 10.2 Å². The van der Waals surface area contributed by atoms with E-state index in [4.69, 9.17) is 0 Å². The first kappa shape index (κ1) is 20.3. The van der Waals surface area contributed by atoms with Gasteiger partial charge in [0.25, 0.3) is 0 Å². The minimum atomic E-state index is -0.210. The summed E-state index contributed by atoms with van der Waals surface area (Å²) in [5, 5.41) is 2.89. The van der Waals surface area contributed by atoms with Gasteiger partial charge in [0.15, 0.2) is 5.78 Å². The summed E-state index contributed by atoms with van der Waals surface area (Å²) < 4.78 is 0. The van der Waals surface area contributed by atoms with Gasteiger partial charge < -0.3 is 10.2 Å². The zero-order chi connectivity index (χ0) is 21.1. The van der Waals surface area contributed by atoms with Crippen LogP contribution in [0.1, 0.15) is 36.5 Å². The van der Waals surface area contributed by atoms with Gasteiger partial charge in [0.1, 0.15) is 0 Å². The number of ketones is 1. The average molecular weight is 405 g/mol. The van der Waals surface area contributed by atoms with Crippen LogP contribution in [0.2, 0.25) is 0 Å². The second-order valence-corrected chi connectivity index (χ2v) is 8.16. The van der Waals surface area contributed by atoms with E-state index in [1.165, 1.54) is 0 Å². The van der Waals surface area contributed by atoms with Crippen molar-refractivity contribution in [3.63, 3.8) is 0 Å². The van der Waals surface area contributed by atoms with Gasteiger partial charge in [0.2, 0.25) is 11.8 Å². The van der Waals surface area contributed by atoms with Crippen molar-refractivity contribution in [3.8, 4) is 0 Å². The lowest BCUT2D eigenvalue weighted by Gasteiger charge is -2.34. The van der Waals surface area contributed by atoms with E-state index in [1.54, 1.807) is 4.90 Å². The number of fused-ring (bicyclic) bond motifs is 1. The number of amides is 2. The third-order valence-corrected chi connectivity index (χ3v) is 6.00. The minimum absolute atomic E-state index is 0.0124. The summed E-state index contributed by atoms with van der Waals surface area (Å²) >= 11 is 0. The molecule has 1 fully saturated rings. The van der Waals surface area contributed by atoms with Gasteiger partial charge in [-0.15, -0.1) is 0 Å². The predicted octanol–water partition coefficient (Wildman–Crippen LogP) is 3.35. The van der Waals surface area contributed by atoms with Crippen LogP contribution >= 0.6 is 0 Å². The number of nitrogens with one attached hydrogen (secondary N) is 1. The molecule has 0 bridgehead atoms. The molecule has 2 aromatic rings. The van der Waals surface area contributed by atoms with E-state index in [9.17, 15) is 14.4 Å². The Labute approximate surface area is 176 Å². The van der Waals surface area contributed by atoms with Crippen LogP contribution in [-0.4, -0.2) is 48.2 Å². The molecule has 2 aromatic carbocycles. The second-order valence-electron chi connectivity index (χ2n) is 8.16. The normalized spacial score (nSPS) is 20.2. The van der Waals surface area contributed by atoms with Gasteiger partial charge >= 0.3 is 0 Å². The van der Waals surface area contributed by atoms with Crippen molar-refractivity contribution in [3.05, 3.63) is 60.2 Å². The maximum Gasteiger partial charge on any atom is 0.241 e. The fraction of sp³-hybridized carbons (Fsp3) is 0.375. The largest absolute Gasteiger partial charge is 0.324 e. The lowest BCUT2D eigenvalue weighted by Crippen LogP contribution is -2.47. The number of carbonyl (C=O) groups excluding carboxylic acids is 3. The Morgan fingerprint density at radius 1 is 1.00 bits per heavy atom. The molecule has 1 unspecified atom stereocenters. The van der Waals surface area contributed by atoms with Gasteiger partial charge in [-0.2, -0.15) is 0 Å². The highest BCUT2D eigenvalue weighted by molar-refractivity contribution is 6.05. The van der Waals surface area contributed by atoms with Crippen LogP contribution in [0.25, 0.3) is 0 Å². The van der Waals surface area contributed by atoms with E-state index < -0.39 is 0 Å².